The van der Waals surface area contributed by atoms with Gasteiger partial charge in [-0.05, 0) is 43.3 Å². The third-order valence-electron chi connectivity index (χ3n) is 3.47. The van der Waals surface area contributed by atoms with Crippen LogP contribution in [0.1, 0.15) is 17.3 Å². The van der Waals surface area contributed by atoms with Crippen molar-refractivity contribution in [1.82, 2.24) is 0 Å². The molecule has 2 aromatic rings. The first kappa shape index (κ1) is 19.5. The fourth-order valence-corrected chi connectivity index (χ4v) is 2.29. The van der Waals surface area contributed by atoms with E-state index >= 15 is 0 Å². The van der Waals surface area contributed by atoms with Crippen molar-refractivity contribution in [2.24, 2.45) is 0 Å². The highest BCUT2D eigenvalue weighted by atomic mass is 35.5. The van der Waals surface area contributed by atoms with Crippen LogP contribution in [-0.2, 0) is 9.53 Å². The van der Waals surface area contributed by atoms with Crippen LogP contribution in [0.25, 0.3) is 0 Å². The van der Waals surface area contributed by atoms with Crippen LogP contribution in [0.4, 0.5) is 10.1 Å². The maximum atomic E-state index is 13.0. The van der Waals surface area contributed by atoms with Crippen molar-refractivity contribution in [1.29, 1.82) is 0 Å². The molecule has 2 rings (SSSR count). The number of amides is 1. The Bertz CT molecular complexity index is 827. The summed E-state index contributed by atoms with van der Waals surface area (Å²) in [6.07, 6.45) is -1.13. The summed E-state index contributed by atoms with van der Waals surface area (Å²) in [5, 5.41) is 2.51. The molecule has 8 heteroatoms. The molecule has 0 aliphatic carbocycles. The number of benzene rings is 2. The molecule has 0 bridgehead atoms. The zero-order valence-electron chi connectivity index (χ0n) is 14.3. The highest BCUT2D eigenvalue weighted by Crippen LogP contribution is 2.26. The maximum absolute atomic E-state index is 13.0. The smallest absolute Gasteiger partial charge is 0.342 e. The Morgan fingerprint density at radius 3 is 2.46 bits per heavy atom. The monoisotopic (exact) mass is 381 g/mol. The Labute approximate surface area is 154 Å². The lowest BCUT2D eigenvalue weighted by Crippen LogP contribution is -2.30. The number of esters is 1. The standard InChI is InChI=1S/C18H17ClFNO5/c1-10(17(22)21-15-6-4-11(20)8-14(15)19)26-18(23)13-9-12(24-2)5-7-16(13)25-3/h4-10H,1-3H3,(H,21,22)/t10-/m1/s1. The molecule has 26 heavy (non-hydrogen) atoms. The molecule has 1 amide bonds. The molecule has 0 saturated heterocycles. The van der Waals surface area contributed by atoms with E-state index in [9.17, 15) is 14.0 Å². The van der Waals surface area contributed by atoms with Gasteiger partial charge in [0.15, 0.2) is 6.10 Å². The average Bonchev–Trinajstić information content (AvgIpc) is 2.63. The zero-order valence-corrected chi connectivity index (χ0v) is 15.1. The van der Waals surface area contributed by atoms with Gasteiger partial charge in [-0.25, -0.2) is 9.18 Å². The number of hydrogen-bond acceptors (Lipinski definition) is 5. The highest BCUT2D eigenvalue weighted by Gasteiger charge is 2.22. The lowest BCUT2D eigenvalue weighted by molar-refractivity contribution is -0.123. The van der Waals surface area contributed by atoms with Crippen molar-refractivity contribution in [3.63, 3.8) is 0 Å². The number of nitrogens with one attached hydrogen (secondary N) is 1. The van der Waals surface area contributed by atoms with Crippen LogP contribution in [0.15, 0.2) is 36.4 Å². The molecule has 0 heterocycles. The number of methoxy groups -OCH3 is 2. The summed E-state index contributed by atoms with van der Waals surface area (Å²) in [6, 6.07) is 8.16. The van der Waals surface area contributed by atoms with Crippen LogP contribution in [0.5, 0.6) is 11.5 Å². The SMILES string of the molecule is COc1ccc(OC)c(C(=O)O[C@H](C)C(=O)Nc2ccc(F)cc2Cl)c1. The summed E-state index contributed by atoms with van der Waals surface area (Å²) in [5.74, 6) is -1.18. The molecule has 6 nitrogen and oxygen atoms in total. The van der Waals surface area contributed by atoms with Crippen LogP contribution in [0.2, 0.25) is 5.02 Å². The first-order valence-electron chi connectivity index (χ1n) is 7.54. The van der Waals surface area contributed by atoms with E-state index < -0.39 is 23.8 Å². The zero-order chi connectivity index (χ0) is 19.3. The Morgan fingerprint density at radius 2 is 1.85 bits per heavy atom. The molecular formula is C18H17ClFNO5. The number of carbonyl (C=O) groups is 2. The first-order chi connectivity index (χ1) is 12.3. The lowest BCUT2D eigenvalue weighted by Gasteiger charge is -2.15. The molecule has 0 fully saturated rings. The lowest BCUT2D eigenvalue weighted by atomic mass is 10.2. The molecule has 2 aromatic carbocycles. The first-order valence-corrected chi connectivity index (χ1v) is 7.92. The molecule has 0 spiro atoms. The molecule has 0 unspecified atom stereocenters. The number of rotatable bonds is 6. The van der Waals surface area contributed by atoms with Crippen molar-refractivity contribution in [2.75, 3.05) is 19.5 Å². The van der Waals surface area contributed by atoms with Crippen LogP contribution in [0.3, 0.4) is 0 Å². The van der Waals surface area contributed by atoms with Crippen molar-refractivity contribution in [3.05, 3.63) is 52.8 Å². The summed E-state index contributed by atoms with van der Waals surface area (Å²) in [7, 11) is 2.87. The number of anilines is 1. The van der Waals surface area contributed by atoms with Crippen molar-refractivity contribution >= 4 is 29.2 Å². The minimum Gasteiger partial charge on any atom is -0.497 e. The summed E-state index contributed by atoms with van der Waals surface area (Å²) in [4.78, 5) is 24.6. The predicted octanol–water partition coefficient (Wildman–Crippen LogP) is 3.68. The second-order valence-electron chi connectivity index (χ2n) is 5.23. The Balaban J connectivity index is 2.10. The fourth-order valence-electron chi connectivity index (χ4n) is 2.08. The fraction of sp³-hybridized carbons (Fsp3) is 0.222. The Kier molecular flexibility index (Phi) is 6.41. The van der Waals surface area contributed by atoms with Gasteiger partial charge in [-0.15, -0.1) is 0 Å². The Hall–Kier alpha value is -2.80. The normalized spacial score (nSPS) is 11.4. The summed E-state index contributed by atoms with van der Waals surface area (Å²) in [6.45, 7) is 1.40. The van der Waals surface area contributed by atoms with Crippen LogP contribution in [0, 0.1) is 5.82 Å². The molecule has 0 aliphatic heterocycles. The molecule has 1 N–H and O–H groups in total. The minimum absolute atomic E-state index is 0.0336. The van der Waals surface area contributed by atoms with Gasteiger partial charge in [0.05, 0.1) is 24.9 Å². The second kappa shape index (κ2) is 8.53. The quantitative estimate of drug-likeness (QED) is 0.773. The molecule has 1 atom stereocenters. The van der Waals surface area contributed by atoms with Gasteiger partial charge < -0.3 is 19.5 Å². The van der Waals surface area contributed by atoms with Gasteiger partial charge in [0.2, 0.25) is 0 Å². The Morgan fingerprint density at radius 1 is 1.12 bits per heavy atom. The van der Waals surface area contributed by atoms with E-state index in [1.807, 2.05) is 0 Å². The van der Waals surface area contributed by atoms with E-state index in [1.165, 1.54) is 33.3 Å². The van der Waals surface area contributed by atoms with E-state index in [0.717, 1.165) is 12.1 Å². The van der Waals surface area contributed by atoms with Gasteiger partial charge in [-0.2, -0.15) is 0 Å². The summed E-state index contributed by atoms with van der Waals surface area (Å²) < 4.78 is 28.4. The van der Waals surface area contributed by atoms with Gasteiger partial charge in [0.1, 0.15) is 22.9 Å². The van der Waals surface area contributed by atoms with E-state index in [2.05, 4.69) is 5.32 Å². The number of halogens is 2. The summed E-state index contributed by atoms with van der Waals surface area (Å²) in [5.41, 5.74) is 0.325. The molecule has 0 aromatic heterocycles. The van der Waals surface area contributed by atoms with Gasteiger partial charge in [0.25, 0.3) is 5.91 Å². The third kappa shape index (κ3) is 4.64. The van der Waals surface area contributed by atoms with Crippen LogP contribution in [-0.4, -0.2) is 32.2 Å². The van der Waals surface area contributed by atoms with Crippen LogP contribution < -0.4 is 14.8 Å². The third-order valence-corrected chi connectivity index (χ3v) is 3.78. The maximum Gasteiger partial charge on any atom is 0.342 e. The van der Waals surface area contributed by atoms with Crippen molar-refractivity contribution in [3.8, 4) is 11.5 Å². The largest absolute Gasteiger partial charge is 0.497 e. The molecule has 0 radical (unpaired) electrons. The van der Waals surface area contributed by atoms with Crippen molar-refractivity contribution < 1.29 is 28.2 Å². The second-order valence-corrected chi connectivity index (χ2v) is 5.63. The van der Waals surface area contributed by atoms with Crippen molar-refractivity contribution in [2.45, 2.75) is 13.0 Å². The summed E-state index contributed by atoms with van der Waals surface area (Å²) >= 11 is 5.86. The van der Waals surface area contributed by atoms with Gasteiger partial charge in [-0.1, -0.05) is 11.6 Å². The van der Waals surface area contributed by atoms with Crippen LogP contribution >= 0.6 is 11.6 Å². The topological polar surface area (TPSA) is 73.9 Å². The number of carbonyl (C=O) groups excluding carboxylic acids is 2. The number of hydrogen-bond donors (Lipinski definition) is 1. The predicted molar refractivity (Wildman–Crippen MR) is 94.5 cm³/mol. The molecule has 138 valence electrons. The van der Waals surface area contributed by atoms with E-state index in [4.69, 9.17) is 25.8 Å². The van der Waals surface area contributed by atoms with Gasteiger partial charge >= 0.3 is 5.97 Å². The average molecular weight is 382 g/mol. The molecular weight excluding hydrogens is 365 g/mol. The van der Waals surface area contributed by atoms with E-state index in [1.54, 1.807) is 12.1 Å². The number of ether oxygens (including phenoxy) is 3. The van der Waals surface area contributed by atoms with Gasteiger partial charge in [0, 0.05) is 0 Å². The molecule has 0 saturated carbocycles. The highest BCUT2D eigenvalue weighted by molar-refractivity contribution is 6.33. The molecule has 0 aliphatic rings. The van der Waals surface area contributed by atoms with Gasteiger partial charge in [-0.3, -0.25) is 4.79 Å². The van der Waals surface area contributed by atoms with E-state index in [-0.39, 0.29) is 22.0 Å². The van der Waals surface area contributed by atoms with E-state index in [0.29, 0.717) is 5.75 Å². The minimum atomic E-state index is -1.13.